The maximum atomic E-state index is 2.55. The van der Waals surface area contributed by atoms with Crippen molar-refractivity contribution >= 4 is 30.7 Å². The topological polar surface area (TPSA) is 0 Å². The summed E-state index contributed by atoms with van der Waals surface area (Å²) in [5, 5.41) is 0. The van der Waals surface area contributed by atoms with E-state index in [1.807, 2.05) is 0 Å². The van der Waals surface area contributed by atoms with Crippen molar-refractivity contribution in [1.82, 2.24) is 0 Å². The van der Waals surface area contributed by atoms with E-state index >= 15 is 0 Å². The van der Waals surface area contributed by atoms with Crippen molar-refractivity contribution < 1.29 is 0 Å². The molecule has 31 heavy (non-hydrogen) atoms. The van der Waals surface area contributed by atoms with E-state index in [-0.39, 0.29) is 0 Å². The SMILES string of the molecule is Cc1ccc(C(C)C)c[c]1[Sb]([c]1cc(C(C)C)ccc1C)[c]1cc(C(C)C)ccc1C. The zero-order valence-corrected chi connectivity index (χ0v) is 23.4. The van der Waals surface area contributed by atoms with E-state index in [9.17, 15) is 0 Å². The van der Waals surface area contributed by atoms with E-state index in [1.54, 1.807) is 10.5 Å². The quantitative estimate of drug-likeness (QED) is 0.325. The van der Waals surface area contributed by atoms with Gasteiger partial charge in [0.2, 0.25) is 0 Å². The van der Waals surface area contributed by atoms with E-state index in [0.29, 0.717) is 17.8 Å². The Bertz CT molecular complexity index is 919. The van der Waals surface area contributed by atoms with Gasteiger partial charge in [0.25, 0.3) is 0 Å². The van der Waals surface area contributed by atoms with E-state index in [0.717, 1.165) is 0 Å². The second-order valence-corrected chi connectivity index (χ2v) is 16.0. The summed E-state index contributed by atoms with van der Waals surface area (Å²) >= 11 is -2.24. The molecule has 0 fully saturated rings. The van der Waals surface area contributed by atoms with E-state index in [1.165, 1.54) is 33.4 Å². The average molecular weight is 521 g/mol. The third-order valence-corrected chi connectivity index (χ3v) is 14.7. The minimum atomic E-state index is -2.24. The van der Waals surface area contributed by atoms with Crippen LogP contribution in [0.4, 0.5) is 0 Å². The van der Waals surface area contributed by atoms with Crippen LogP contribution >= 0.6 is 0 Å². The summed E-state index contributed by atoms with van der Waals surface area (Å²) in [6.45, 7) is 20.8. The van der Waals surface area contributed by atoms with Crippen molar-refractivity contribution in [3.8, 4) is 0 Å². The van der Waals surface area contributed by atoms with Gasteiger partial charge in [-0.25, -0.2) is 0 Å². The van der Waals surface area contributed by atoms with E-state index in [4.69, 9.17) is 0 Å². The second kappa shape index (κ2) is 9.95. The Hall–Kier alpha value is -1.52. The molecule has 3 rings (SSSR count). The summed E-state index contributed by atoms with van der Waals surface area (Å²) in [5.74, 6) is 1.65. The molecule has 0 saturated carbocycles. The van der Waals surface area contributed by atoms with Gasteiger partial charge in [-0.05, 0) is 0 Å². The van der Waals surface area contributed by atoms with E-state index < -0.39 is 20.2 Å². The normalized spacial score (nSPS) is 11.9. The van der Waals surface area contributed by atoms with Crippen molar-refractivity contribution in [2.45, 2.75) is 80.1 Å². The molecule has 0 N–H and O–H groups in total. The minimum absolute atomic E-state index is 0.549. The Labute approximate surface area is 198 Å². The van der Waals surface area contributed by atoms with Crippen molar-refractivity contribution in [2.24, 2.45) is 0 Å². The third-order valence-electron chi connectivity index (χ3n) is 6.42. The molecule has 0 heterocycles. The molecule has 0 aliphatic carbocycles. The van der Waals surface area contributed by atoms with Crippen LogP contribution in [0.3, 0.4) is 0 Å². The fourth-order valence-corrected chi connectivity index (χ4v) is 12.3. The van der Waals surface area contributed by atoms with Gasteiger partial charge in [0.1, 0.15) is 0 Å². The molecule has 0 aromatic heterocycles. The van der Waals surface area contributed by atoms with Crippen molar-refractivity contribution in [3.63, 3.8) is 0 Å². The fourth-order valence-electron chi connectivity index (χ4n) is 4.07. The second-order valence-electron chi connectivity index (χ2n) is 9.94. The molecule has 0 atom stereocenters. The molecule has 0 amide bonds. The van der Waals surface area contributed by atoms with Crippen LogP contribution in [0.25, 0.3) is 0 Å². The molecule has 164 valence electrons. The van der Waals surface area contributed by atoms with Gasteiger partial charge in [0.15, 0.2) is 0 Å². The molecule has 0 saturated heterocycles. The molecular formula is C30H39Sb. The van der Waals surface area contributed by atoms with Crippen LogP contribution in [0.1, 0.15) is 92.7 Å². The van der Waals surface area contributed by atoms with Crippen LogP contribution in [0.5, 0.6) is 0 Å². The first-order chi connectivity index (χ1) is 14.6. The molecule has 0 aliphatic heterocycles. The summed E-state index contributed by atoms with van der Waals surface area (Å²) in [7, 11) is 0. The number of hydrogen-bond donors (Lipinski definition) is 0. The fraction of sp³-hybridized carbons (Fsp3) is 0.400. The Morgan fingerprint density at radius 1 is 0.452 bits per heavy atom. The monoisotopic (exact) mass is 520 g/mol. The van der Waals surface area contributed by atoms with Gasteiger partial charge < -0.3 is 0 Å². The summed E-state index contributed by atoms with van der Waals surface area (Å²) in [5.41, 5.74) is 8.75. The predicted molar refractivity (Wildman–Crippen MR) is 140 cm³/mol. The van der Waals surface area contributed by atoms with Crippen LogP contribution in [-0.2, 0) is 0 Å². The number of hydrogen-bond acceptors (Lipinski definition) is 0. The number of aryl methyl sites for hydroxylation is 3. The van der Waals surface area contributed by atoms with Crippen LogP contribution < -0.4 is 10.5 Å². The average Bonchev–Trinajstić information content (AvgIpc) is 2.71. The molecule has 3 aromatic rings. The zero-order valence-electron chi connectivity index (χ0n) is 20.9. The first kappa shape index (κ1) is 24.1. The Kier molecular flexibility index (Phi) is 7.75. The predicted octanol–water partition coefficient (Wildman–Crippen LogP) is 6.50. The maximum absolute atomic E-state index is 2.55. The summed E-state index contributed by atoms with van der Waals surface area (Å²) in [6, 6.07) is 21.7. The van der Waals surface area contributed by atoms with Gasteiger partial charge >= 0.3 is 199 Å². The number of rotatable bonds is 6. The summed E-state index contributed by atoms with van der Waals surface area (Å²) < 4.78 is 4.88. The van der Waals surface area contributed by atoms with Crippen LogP contribution in [0.2, 0.25) is 0 Å². The Morgan fingerprint density at radius 3 is 0.935 bits per heavy atom. The van der Waals surface area contributed by atoms with Crippen LogP contribution in [-0.4, -0.2) is 20.2 Å². The van der Waals surface area contributed by atoms with Crippen molar-refractivity contribution in [1.29, 1.82) is 0 Å². The van der Waals surface area contributed by atoms with Crippen LogP contribution in [0.15, 0.2) is 54.6 Å². The molecule has 0 bridgehead atoms. The van der Waals surface area contributed by atoms with Gasteiger partial charge in [-0.1, -0.05) is 0 Å². The molecule has 0 nitrogen and oxygen atoms in total. The molecule has 0 aliphatic rings. The standard InChI is InChI=1S/3C10H13.Sb/c3*1-8(2)10-6-4-9(3)5-7-10;/h3*4,6-8H,1-3H3;. The van der Waals surface area contributed by atoms with E-state index in [2.05, 4.69) is 117 Å². The zero-order chi connectivity index (χ0) is 22.9. The molecule has 0 spiro atoms. The van der Waals surface area contributed by atoms with Gasteiger partial charge in [0, 0.05) is 0 Å². The summed E-state index contributed by atoms with van der Waals surface area (Å²) in [6.07, 6.45) is 0. The molecule has 1 heteroatoms. The van der Waals surface area contributed by atoms with Crippen molar-refractivity contribution in [3.05, 3.63) is 88.0 Å². The first-order valence-electron chi connectivity index (χ1n) is 11.7. The van der Waals surface area contributed by atoms with Gasteiger partial charge in [-0.3, -0.25) is 0 Å². The number of benzene rings is 3. The van der Waals surface area contributed by atoms with Crippen LogP contribution in [0, 0.1) is 20.8 Å². The Morgan fingerprint density at radius 2 is 0.710 bits per heavy atom. The van der Waals surface area contributed by atoms with Crippen molar-refractivity contribution in [2.75, 3.05) is 0 Å². The van der Waals surface area contributed by atoms with Gasteiger partial charge in [-0.2, -0.15) is 0 Å². The molecule has 3 aromatic carbocycles. The Balaban J connectivity index is 2.36. The van der Waals surface area contributed by atoms with Gasteiger partial charge in [0.05, 0.1) is 0 Å². The third kappa shape index (κ3) is 5.28. The molecular weight excluding hydrogens is 482 g/mol. The summed E-state index contributed by atoms with van der Waals surface area (Å²) in [4.78, 5) is 0. The molecule has 0 radical (unpaired) electrons. The van der Waals surface area contributed by atoms with Gasteiger partial charge in [-0.15, -0.1) is 0 Å². The molecule has 0 unspecified atom stereocenters. The first-order valence-corrected chi connectivity index (χ1v) is 15.5.